The third-order valence-electron chi connectivity index (χ3n) is 3.36. The molecule has 0 spiro atoms. The zero-order valence-corrected chi connectivity index (χ0v) is 13.0. The van der Waals surface area contributed by atoms with Gasteiger partial charge in [-0.25, -0.2) is 9.97 Å². The molecule has 0 N–H and O–H groups in total. The summed E-state index contributed by atoms with van der Waals surface area (Å²) in [5.41, 5.74) is 3.04. The molecule has 21 heavy (non-hydrogen) atoms. The molecule has 0 amide bonds. The van der Waals surface area contributed by atoms with E-state index < -0.39 is 0 Å². The fourth-order valence-electron chi connectivity index (χ4n) is 2.19. The van der Waals surface area contributed by atoms with Gasteiger partial charge in [-0.1, -0.05) is 0 Å². The molecule has 0 fully saturated rings. The molecule has 0 bridgehead atoms. The van der Waals surface area contributed by atoms with Gasteiger partial charge in [-0.2, -0.15) is 0 Å². The molecule has 112 valence electrons. The molecule has 0 atom stereocenters. The normalized spacial score (nSPS) is 10.3. The van der Waals surface area contributed by atoms with Crippen molar-refractivity contribution in [3.63, 3.8) is 0 Å². The van der Waals surface area contributed by atoms with Crippen LogP contribution in [0.5, 0.6) is 11.6 Å². The molecule has 0 aliphatic heterocycles. The summed E-state index contributed by atoms with van der Waals surface area (Å²) in [5, 5.41) is 0. The molecule has 0 aliphatic rings. The molecule has 2 rings (SSSR count). The fraction of sp³-hybridized carbons (Fsp3) is 0.400. The van der Waals surface area contributed by atoms with Gasteiger partial charge >= 0.3 is 0 Å². The van der Waals surface area contributed by atoms with Gasteiger partial charge < -0.3 is 14.4 Å². The summed E-state index contributed by atoms with van der Waals surface area (Å²) in [4.78, 5) is 14.7. The Bertz CT molecular complexity index is 631. The van der Waals surface area contributed by atoms with Gasteiger partial charge in [0.2, 0.25) is 5.88 Å². The van der Waals surface area contributed by atoms with Crippen LogP contribution >= 0.6 is 0 Å². The Morgan fingerprint density at radius 2 is 1.86 bits per heavy atom. The minimum atomic E-state index is 0.540. The summed E-state index contributed by atoms with van der Waals surface area (Å²) in [7, 11) is 5.22. The van der Waals surface area contributed by atoms with Crippen LogP contribution in [0.4, 0.5) is 5.82 Å². The van der Waals surface area contributed by atoms with E-state index >= 15 is 0 Å². The minimum Gasteiger partial charge on any atom is -0.496 e. The third kappa shape index (κ3) is 3.21. The van der Waals surface area contributed by atoms with Crippen molar-refractivity contribution in [2.24, 2.45) is 0 Å². The van der Waals surface area contributed by atoms with Crippen molar-refractivity contribution in [3.8, 4) is 11.6 Å². The van der Waals surface area contributed by atoms with Crippen LogP contribution in [0, 0.1) is 13.8 Å². The maximum absolute atomic E-state index is 5.44. The monoisotopic (exact) mass is 288 g/mol. The number of nitrogens with zero attached hydrogens (tertiary/aromatic N) is 4. The first-order valence-corrected chi connectivity index (χ1v) is 6.63. The summed E-state index contributed by atoms with van der Waals surface area (Å²) in [5.74, 6) is 2.20. The molecule has 2 heterocycles. The quantitative estimate of drug-likeness (QED) is 0.840. The zero-order chi connectivity index (χ0) is 15.4. The van der Waals surface area contributed by atoms with E-state index in [2.05, 4.69) is 15.0 Å². The molecule has 0 aromatic carbocycles. The molecule has 0 unspecified atom stereocenters. The number of hydrogen-bond donors (Lipinski definition) is 0. The van der Waals surface area contributed by atoms with Crippen molar-refractivity contribution in [2.75, 3.05) is 26.2 Å². The standard InChI is InChI=1S/C15H20N4O2/c1-10-7-16-12(11(2)15(10)21-5)8-19(3)13-6-14(20-4)18-9-17-13/h6-7,9H,8H2,1-5H3. The molecule has 2 aromatic heterocycles. The van der Waals surface area contributed by atoms with E-state index in [9.17, 15) is 0 Å². The highest BCUT2D eigenvalue weighted by Gasteiger charge is 2.12. The van der Waals surface area contributed by atoms with E-state index in [1.54, 1.807) is 20.3 Å². The maximum Gasteiger partial charge on any atom is 0.218 e. The molecular weight excluding hydrogens is 268 g/mol. The number of aromatic nitrogens is 3. The van der Waals surface area contributed by atoms with E-state index in [1.807, 2.05) is 32.0 Å². The Morgan fingerprint density at radius 1 is 1.10 bits per heavy atom. The predicted molar refractivity (Wildman–Crippen MR) is 81.0 cm³/mol. The first-order valence-electron chi connectivity index (χ1n) is 6.63. The largest absolute Gasteiger partial charge is 0.496 e. The van der Waals surface area contributed by atoms with E-state index in [-0.39, 0.29) is 0 Å². The number of rotatable bonds is 5. The lowest BCUT2D eigenvalue weighted by Crippen LogP contribution is -2.19. The number of ether oxygens (including phenoxy) is 2. The van der Waals surface area contributed by atoms with Gasteiger partial charge in [0.25, 0.3) is 0 Å². The lowest BCUT2D eigenvalue weighted by Gasteiger charge is -2.20. The maximum atomic E-state index is 5.44. The average molecular weight is 288 g/mol. The fourth-order valence-corrected chi connectivity index (χ4v) is 2.19. The van der Waals surface area contributed by atoms with Gasteiger partial charge in [-0.15, -0.1) is 0 Å². The SMILES string of the molecule is COc1cc(N(C)Cc2ncc(C)c(OC)c2C)ncn1. The van der Waals surface area contributed by atoms with E-state index in [0.29, 0.717) is 12.4 Å². The van der Waals surface area contributed by atoms with Crippen LogP contribution in [-0.4, -0.2) is 36.2 Å². The third-order valence-corrected chi connectivity index (χ3v) is 3.36. The second-order valence-corrected chi connectivity index (χ2v) is 4.82. The Morgan fingerprint density at radius 3 is 2.52 bits per heavy atom. The van der Waals surface area contributed by atoms with Crippen LogP contribution in [0.2, 0.25) is 0 Å². The Labute approximate surface area is 124 Å². The molecule has 0 saturated carbocycles. The number of methoxy groups -OCH3 is 2. The molecule has 0 aliphatic carbocycles. The first kappa shape index (κ1) is 15.0. The van der Waals surface area contributed by atoms with E-state index in [1.165, 1.54) is 6.33 Å². The molecule has 6 nitrogen and oxygen atoms in total. The van der Waals surface area contributed by atoms with Crippen molar-refractivity contribution in [1.29, 1.82) is 0 Å². The molecule has 2 aromatic rings. The second kappa shape index (κ2) is 6.39. The van der Waals surface area contributed by atoms with E-state index in [0.717, 1.165) is 28.4 Å². The topological polar surface area (TPSA) is 60.4 Å². The van der Waals surface area contributed by atoms with Crippen molar-refractivity contribution in [2.45, 2.75) is 20.4 Å². The van der Waals surface area contributed by atoms with E-state index in [4.69, 9.17) is 9.47 Å². The number of hydrogen-bond acceptors (Lipinski definition) is 6. The Kier molecular flexibility index (Phi) is 4.57. The van der Waals surface area contributed by atoms with Crippen LogP contribution in [0.1, 0.15) is 16.8 Å². The summed E-state index contributed by atoms with van der Waals surface area (Å²) < 4.78 is 10.6. The molecule has 6 heteroatoms. The lowest BCUT2D eigenvalue weighted by molar-refractivity contribution is 0.396. The number of aryl methyl sites for hydroxylation is 1. The minimum absolute atomic E-state index is 0.540. The van der Waals surface area contributed by atoms with Gasteiger partial charge in [-0.05, 0) is 13.8 Å². The van der Waals surface area contributed by atoms with Crippen LogP contribution in [0.25, 0.3) is 0 Å². The zero-order valence-electron chi connectivity index (χ0n) is 13.0. The van der Waals surface area contributed by atoms with Crippen LogP contribution < -0.4 is 14.4 Å². The van der Waals surface area contributed by atoms with Crippen LogP contribution in [0.15, 0.2) is 18.6 Å². The summed E-state index contributed by atoms with van der Waals surface area (Å²) in [6.45, 7) is 4.63. The van der Waals surface area contributed by atoms with Gasteiger partial charge in [-0.3, -0.25) is 4.98 Å². The average Bonchev–Trinajstić information content (AvgIpc) is 2.50. The lowest BCUT2D eigenvalue weighted by atomic mass is 10.1. The number of pyridine rings is 1. The highest BCUT2D eigenvalue weighted by molar-refractivity contribution is 5.45. The summed E-state index contributed by atoms with van der Waals surface area (Å²) >= 11 is 0. The van der Waals surface area contributed by atoms with Crippen LogP contribution in [-0.2, 0) is 6.54 Å². The van der Waals surface area contributed by atoms with Crippen LogP contribution in [0.3, 0.4) is 0 Å². The van der Waals surface area contributed by atoms with Crippen molar-refractivity contribution < 1.29 is 9.47 Å². The van der Waals surface area contributed by atoms with Crippen molar-refractivity contribution in [1.82, 2.24) is 15.0 Å². The van der Waals surface area contributed by atoms with Gasteiger partial charge in [0.15, 0.2) is 0 Å². The smallest absolute Gasteiger partial charge is 0.218 e. The molecular formula is C15H20N4O2. The predicted octanol–water partition coefficient (Wildman–Crippen LogP) is 2.14. The van der Waals surface area contributed by atoms with Gasteiger partial charge in [0, 0.05) is 30.4 Å². The van der Waals surface area contributed by atoms with Crippen molar-refractivity contribution >= 4 is 5.82 Å². The summed E-state index contributed by atoms with van der Waals surface area (Å²) in [6, 6.07) is 1.79. The van der Waals surface area contributed by atoms with Gasteiger partial charge in [0.05, 0.1) is 26.5 Å². The van der Waals surface area contributed by atoms with Crippen molar-refractivity contribution in [3.05, 3.63) is 35.4 Å². The molecule has 0 saturated heterocycles. The second-order valence-electron chi connectivity index (χ2n) is 4.82. The summed E-state index contributed by atoms with van der Waals surface area (Å²) in [6.07, 6.45) is 3.32. The van der Waals surface area contributed by atoms with Gasteiger partial charge in [0.1, 0.15) is 17.9 Å². The first-order chi connectivity index (χ1) is 10.1. The Balaban J connectivity index is 2.25. The highest BCUT2D eigenvalue weighted by atomic mass is 16.5. The number of anilines is 1. The Hall–Kier alpha value is -2.37. The highest BCUT2D eigenvalue weighted by Crippen LogP contribution is 2.25. The molecule has 0 radical (unpaired) electrons.